The van der Waals surface area contributed by atoms with Crippen LogP contribution in [0, 0.1) is 11.8 Å². The second-order valence-corrected chi connectivity index (χ2v) is 4.84. The van der Waals surface area contributed by atoms with Crippen LogP contribution >= 0.6 is 0 Å². The molecule has 1 heteroatoms. The molecule has 3 unspecified atom stereocenters. The highest BCUT2D eigenvalue weighted by molar-refractivity contribution is 5.49. The largest absolute Gasteiger partial charge is 0.236 e. The van der Waals surface area contributed by atoms with Crippen molar-refractivity contribution >= 4 is 5.87 Å². The third-order valence-electron chi connectivity index (χ3n) is 4.23. The van der Waals surface area contributed by atoms with E-state index in [0.717, 1.165) is 11.8 Å². The molecule has 0 aromatic heterocycles. The van der Waals surface area contributed by atoms with Gasteiger partial charge in [0.25, 0.3) is 0 Å². The summed E-state index contributed by atoms with van der Waals surface area (Å²) in [6.45, 7) is 5.96. The molecule has 78 valence electrons. The Labute approximate surface area is 87.3 Å². The average molecular weight is 191 g/mol. The van der Waals surface area contributed by atoms with Crippen LogP contribution < -0.4 is 0 Å². The van der Waals surface area contributed by atoms with Crippen molar-refractivity contribution in [1.82, 2.24) is 0 Å². The van der Waals surface area contributed by atoms with Gasteiger partial charge in [0.05, 0.1) is 5.54 Å². The Bertz CT molecular complexity index is 252. The molecule has 2 fully saturated rings. The van der Waals surface area contributed by atoms with E-state index in [4.69, 9.17) is 0 Å². The van der Waals surface area contributed by atoms with E-state index >= 15 is 0 Å². The van der Waals surface area contributed by atoms with Crippen LogP contribution in [0.3, 0.4) is 0 Å². The van der Waals surface area contributed by atoms with Crippen molar-refractivity contribution in [3.05, 3.63) is 6.58 Å². The molecule has 0 heterocycles. The fourth-order valence-electron chi connectivity index (χ4n) is 3.54. The lowest BCUT2D eigenvalue weighted by molar-refractivity contribution is 0.442. The number of nitrogens with zero attached hydrogens (tertiary/aromatic N) is 1. The fourth-order valence-corrected chi connectivity index (χ4v) is 3.54. The topological polar surface area (TPSA) is 12.4 Å². The lowest BCUT2D eigenvalue weighted by atomic mass is 9.97. The summed E-state index contributed by atoms with van der Waals surface area (Å²) in [5.41, 5.74) is 0.289. The number of rotatable bonds is 2. The summed E-state index contributed by atoms with van der Waals surface area (Å²) in [5, 5.41) is 0. The van der Waals surface area contributed by atoms with Gasteiger partial charge in [-0.05, 0) is 37.1 Å². The van der Waals surface area contributed by atoms with E-state index in [1.807, 2.05) is 0 Å². The van der Waals surface area contributed by atoms with Gasteiger partial charge in [0, 0.05) is 0 Å². The van der Waals surface area contributed by atoms with Crippen LogP contribution in [-0.4, -0.2) is 11.4 Å². The highest BCUT2D eigenvalue weighted by atomic mass is 15.0. The summed E-state index contributed by atoms with van der Waals surface area (Å²) in [6.07, 6.45) is 9.57. The zero-order chi connectivity index (χ0) is 10.0. The van der Waals surface area contributed by atoms with Crippen LogP contribution in [-0.2, 0) is 0 Å². The van der Waals surface area contributed by atoms with Crippen LogP contribution in [0.2, 0.25) is 0 Å². The second-order valence-electron chi connectivity index (χ2n) is 4.84. The average Bonchev–Trinajstić information content (AvgIpc) is 2.73. The molecule has 1 nitrogen and oxygen atoms in total. The van der Waals surface area contributed by atoms with Crippen molar-refractivity contribution in [2.24, 2.45) is 16.8 Å². The zero-order valence-corrected chi connectivity index (χ0v) is 9.26. The molecule has 0 saturated heterocycles. The minimum atomic E-state index is 0.289. The summed E-state index contributed by atoms with van der Waals surface area (Å²) >= 11 is 0. The molecule has 2 aliphatic rings. The van der Waals surface area contributed by atoms with Gasteiger partial charge in [0.1, 0.15) is 0 Å². The molecule has 0 aromatic rings. The summed E-state index contributed by atoms with van der Waals surface area (Å²) in [7, 11) is 0. The molecule has 14 heavy (non-hydrogen) atoms. The third kappa shape index (κ3) is 1.44. The van der Waals surface area contributed by atoms with Crippen molar-refractivity contribution in [2.45, 2.75) is 57.4 Å². The standard InChI is InChI=1S/C13H21N/c1-3-11-12-9-7-5-6-8-10-13(11,12)14-4-2/h11-12H,2-3,5-10H2,1H3. The van der Waals surface area contributed by atoms with Gasteiger partial charge in [-0.3, -0.25) is 0 Å². The van der Waals surface area contributed by atoms with Crippen LogP contribution in [0.25, 0.3) is 0 Å². The second kappa shape index (κ2) is 3.90. The first-order valence-corrected chi connectivity index (χ1v) is 6.09. The molecule has 0 bridgehead atoms. The highest BCUT2D eigenvalue weighted by Crippen LogP contribution is 2.61. The lowest BCUT2D eigenvalue weighted by Crippen LogP contribution is -2.12. The molecule has 0 radical (unpaired) electrons. The molecule has 0 N–H and O–H groups in total. The number of hydrogen-bond donors (Lipinski definition) is 0. The molecular weight excluding hydrogens is 170 g/mol. The number of aliphatic imine (C=N–C) groups is 1. The van der Waals surface area contributed by atoms with Gasteiger partial charge in [0.15, 0.2) is 0 Å². The van der Waals surface area contributed by atoms with Gasteiger partial charge in [-0.15, -0.1) is 0 Å². The predicted octanol–water partition coefficient (Wildman–Crippen LogP) is 3.59. The fraction of sp³-hybridized carbons (Fsp3) is 0.846. The molecule has 3 atom stereocenters. The van der Waals surface area contributed by atoms with E-state index < -0.39 is 0 Å². The zero-order valence-electron chi connectivity index (χ0n) is 9.26. The van der Waals surface area contributed by atoms with Gasteiger partial charge in [-0.1, -0.05) is 39.0 Å². The van der Waals surface area contributed by atoms with Crippen molar-refractivity contribution in [1.29, 1.82) is 0 Å². The molecule has 0 aromatic carbocycles. The Morgan fingerprint density at radius 3 is 2.86 bits per heavy atom. The first-order valence-electron chi connectivity index (χ1n) is 6.09. The Kier molecular flexibility index (Phi) is 2.78. The van der Waals surface area contributed by atoms with Crippen molar-refractivity contribution in [3.8, 4) is 0 Å². The van der Waals surface area contributed by atoms with Gasteiger partial charge in [-0.2, -0.15) is 0 Å². The molecule has 2 aliphatic carbocycles. The highest BCUT2D eigenvalue weighted by Gasteiger charge is 2.62. The minimum Gasteiger partial charge on any atom is -0.236 e. The van der Waals surface area contributed by atoms with Gasteiger partial charge in [-0.25, -0.2) is 4.99 Å². The Hall–Kier alpha value is -0.550. The summed E-state index contributed by atoms with van der Waals surface area (Å²) in [6, 6.07) is 0. The van der Waals surface area contributed by atoms with E-state index in [2.05, 4.69) is 24.4 Å². The number of fused-ring (bicyclic) bond motifs is 1. The smallest absolute Gasteiger partial charge is 0.0764 e. The predicted molar refractivity (Wildman–Crippen MR) is 60.8 cm³/mol. The first-order chi connectivity index (χ1) is 6.85. The Morgan fingerprint density at radius 2 is 2.14 bits per heavy atom. The van der Waals surface area contributed by atoms with Crippen LogP contribution in [0.15, 0.2) is 11.6 Å². The van der Waals surface area contributed by atoms with Crippen molar-refractivity contribution in [2.75, 3.05) is 0 Å². The Balaban J connectivity index is 2.13. The van der Waals surface area contributed by atoms with Crippen molar-refractivity contribution in [3.63, 3.8) is 0 Å². The normalized spacial score (nSPS) is 41.5. The van der Waals surface area contributed by atoms with E-state index in [1.54, 1.807) is 0 Å². The van der Waals surface area contributed by atoms with Crippen LogP contribution in [0.1, 0.15) is 51.9 Å². The van der Waals surface area contributed by atoms with Gasteiger partial charge >= 0.3 is 0 Å². The SMILES string of the molecule is C=C=NC12CCCCCCC1C2CC. The maximum absolute atomic E-state index is 4.58. The quantitative estimate of drug-likeness (QED) is 0.591. The van der Waals surface area contributed by atoms with Crippen LogP contribution in [0.4, 0.5) is 0 Å². The van der Waals surface area contributed by atoms with Gasteiger partial charge < -0.3 is 0 Å². The summed E-state index contributed by atoms with van der Waals surface area (Å²) in [5.74, 6) is 4.51. The van der Waals surface area contributed by atoms with Crippen LogP contribution in [0.5, 0.6) is 0 Å². The molecular formula is C13H21N. The lowest BCUT2D eigenvalue weighted by Gasteiger charge is -2.14. The van der Waals surface area contributed by atoms with E-state index in [9.17, 15) is 0 Å². The first kappa shape index (κ1) is 9.98. The van der Waals surface area contributed by atoms with Gasteiger partial charge in [0.2, 0.25) is 0 Å². The molecule has 0 amide bonds. The molecule has 0 aliphatic heterocycles. The van der Waals surface area contributed by atoms with Crippen molar-refractivity contribution < 1.29 is 0 Å². The monoisotopic (exact) mass is 191 g/mol. The van der Waals surface area contributed by atoms with E-state index in [-0.39, 0.29) is 5.54 Å². The minimum absolute atomic E-state index is 0.289. The third-order valence-corrected chi connectivity index (χ3v) is 4.23. The maximum atomic E-state index is 4.58. The summed E-state index contributed by atoms with van der Waals surface area (Å²) < 4.78 is 0. The molecule has 0 spiro atoms. The number of hydrogen-bond acceptors (Lipinski definition) is 1. The molecule has 2 rings (SSSR count). The summed E-state index contributed by atoms with van der Waals surface area (Å²) in [4.78, 5) is 4.58. The van der Waals surface area contributed by atoms with E-state index in [1.165, 1.54) is 44.9 Å². The maximum Gasteiger partial charge on any atom is 0.0764 e. The van der Waals surface area contributed by atoms with E-state index in [0.29, 0.717) is 0 Å². The molecule has 2 saturated carbocycles. The Morgan fingerprint density at radius 1 is 1.36 bits per heavy atom.